The Morgan fingerprint density at radius 3 is 2.38 bits per heavy atom. The van der Waals surface area contributed by atoms with Gasteiger partial charge in [-0.2, -0.15) is 0 Å². The van der Waals surface area contributed by atoms with Gasteiger partial charge in [0, 0.05) is 23.7 Å². The molecule has 0 bridgehead atoms. The molecule has 0 fully saturated rings. The first kappa shape index (κ1) is 34.6. The molecule has 2 aliphatic rings. The number of carbonyl (C=O) groups excluding carboxylic acids is 1. The molecule has 1 atom stereocenters. The third kappa shape index (κ3) is 6.92. The largest absolute Gasteiger partial charge is 0.612 e. The highest BCUT2D eigenvalue weighted by atomic mass is 32.2. The van der Waals surface area contributed by atoms with Crippen LogP contribution >= 0.6 is 11.3 Å². The molecule has 10 nitrogen and oxygen atoms in total. The molecule has 6 rings (SSSR count). The first-order chi connectivity index (χ1) is 22.7. The van der Waals surface area contributed by atoms with Gasteiger partial charge in [-0.25, -0.2) is 17.8 Å². The van der Waals surface area contributed by atoms with E-state index in [0.29, 0.717) is 16.3 Å². The summed E-state index contributed by atoms with van der Waals surface area (Å²) in [4.78, 5) is 29.2. The summed E-state index contributed by atoms with van der Waals surface area (Å²) < 4.78 is 50.9. The number of rotatable bonds is 6. The van der Waals surface area contributed by atoms with Crippen LogP contribution < -0.4 is 5.32 Å². The predicted molar refractivity (Wildman–Crippen MR) is 184 cm³/mol. The van der Waals surface area contributed by atoms with Gasteiger partial charge >= 0.3 is 5.97 Å². The number of allylic oxidation sites excluding steroid dienone is 2. The number of sulfonamides is 1. The number of halogens is 1. The number of aliphatic carboxylic acids is 1. The number of hydrogen-bond donors (Lipinski definition) is 3. The van der Waals surface area contributed by atoms with Crippen molar-refractivity contribution in [3.8, 4) is 0 Å². The van der Waals surface area contributed by atoms with Crippen LogP contribution in [0.15, 0.2) is 94.0 Å². The van der Waals surface area contributed by atoms with E-state index in [1.165, 1.54) is 42.6 Å². The average Bonchev–Trinajstić information content (AvgIpc) is 3.56. The summed E-state index contributed by atoms with van der Waals surface area (Å²) >= 11 is 0.216. The van der Waals surface area contributed by atoms with Crippen molar-refractivity contribution in [3.63, 3.8) is 0 Å². The Hall–Kier alpha value is -4.76. The van der Waals surface area contributed by atoms with Gasteiger partial charge in [0.15, 0.2) is 21.5 Å². The Morgan fingerprint density at radius 2 is 1.75 bits per heavy atom. The summed E-state index contributed by atoms with van der Waals surface area (Å²) in [7, 11) is -2.67. The number of nitrogens with one attached hydrogen (secondary N) is 1. The number of hydrogen-bond acceptors (Lipinski definition) is 8. The zero-order valence-corrected chi connectivity index (χ0v) is 28.6. The number of carboxylic acid groups (broad SMARTS) is 1. The second-order valence-electron chi connectivity index (χ2n) is 10.8. The number of likely N-dealkylation sites (N-methyl/N-ethyl adjacent to an activating group) is 1. The molecule has 248 valence electrons. The van der Waals surface area contributed by atoms with Crippen molar-refractivity contribution >= 4 is 72.5 Å². The van der Waals surface area contributed by atoms with Gasteiger partial charge in [0.05, 0.1) is 11.3 Å². The van der Waals surface area contributed by atoms with E-state index in [4.69, 9.17) is 5.11 Å². The molecule has 4 aromatic rings. The Balaban J connectivity index is 0.000000188. The summed E-state index contributed by atoms with van der Waals surface area (Å²) in [6, 6.07) is 17.8. The smallest absolute Gasteiger partial charge is 0.307 e. The van der Waals surface area contributed by atoms with Crippen LogP contribution in [0.5, 0.6) is 0 Å². The van der Waals surface area contributed by atoms with Crippen LogP contribution in [0.25, 0.3) is 23.0 Å². The molecule has 1 amide bonds. The maximum atomic E-state index is 13.7. The van der Waals surface area contributed by atoms with Crippen molar-refractivity contribution in [3.05, 3.63) is 117 Å². The summed E-state index contributed by atoms with van der Waals surface area (Å²) in [6.45, 7) is 3.69. The van der Waals surface area contributed by atoms with Crippen LogP contribution in [0.3, 0.4) is 0 Å². The second-order valence-corrected chi connectivity index (χ2v) is 15.4. The highest BCUT2D eigenvalue weighted by Gasteiger charge is 2.38. The molecule has 0 saturated heterocycles. The van der Waals surface area contributed by atoms with E-state index in [-0.39, 0.29) is 34.2 Å². The van der Waals surface area contributed by atoms with Crippen LogP contribution in [0, 0.1) is 12.7 Å². The van der Waals surface area contributed by atoms with Gasteiger partial charge in [-0.15, -0.1) is 11.3 Å². The number of aliphatic hydroxyl groups is 1. The van der Waals surface area contributed by atoms with Gasteiger partial charge in [-0.05, 0) is 113 Å². The number of benzene rings is 3. The standard InChI is InChI=1S/C20H17FO3S.C14H13N3O4S2/c1-12-17(9-13-3-6-15(7-4-13)25(2)24)16-8-5-14(21)10-19(16)18(12)11-20(22)23;1-8-7-15-14(22-8)16-13(19)11-12(18)9-5-3-4-6-10(9)23(20,21)17(11)2/h3-10H,11H2,1-2H3,(H,22,23);3-7,18H,1-2H3,(H,15,16,19)/b17-9-;. The fourth-order valence-corrected chi connectivity index (χ4v) is 7.88. The minimum Gasteiger partial charge on any atom is -0.612 e. The topological polar surface area (TPSA) is 160 Å². The van der Waals surface area contributed by atoms with E-state index in [2.05, 4.69) is 10.3 Å². The molecule has 3 aromatic carbocycles. The van der Waals surface area contributed by atoms with Gasteiger partial charge < -0.3 is 14.8 Å². The van der Waals surface area contributed by atoms with Gasteiger partial charge in [0.2, 0.25) is 0 Å². The molecule has 1 aliphatic carbocycles. The lowest BCUT2D eigenvalue weighted by molar-refractivity contribution is -0.135. The van der Waals surface area contributed by atoms with Gasteiger partial charge in [0.1, 0.15) is 12.1 Å². The number of thiazole rings is 1. The molecule has 0 spiro atoms. The van der Waals surface area contributed by atoms with E-state index in [0.717, 1.165) is 36.4 Å². The fourth-order valence-electron chi connectivity index (χ4n) is 5.31. The minimum absolute atomic E-state index is 0.0401. The molecule has 2 heterocycles. The molecule has 1 unspecified atom stereocenters. The number of aliphatic hydroxyl groups excluding tert-OH is 1. The number of aryl methyl sites for hydroxylation is 1. The molecule has 48 heavy (non-hydrogen) atoms. The number of fused-ring (bicyclic) bond motifs is 2. The summed E-state index contributed by atoms with van der Waals surface area (Å²) in [5.41, 5.74) is 4.51. The highest BCUT2D eigenvalue weighted by Crippen LogP contribution is 2.44. The van der Waals surface area contributed by atoms with Crippen molar-refractivity contribution in [2.75, 3.05) is 18.6 Å². The van der Waals surface area contributed by atoms with Crippen molar-refractivity contribution in [1.82, 2.24) is 9.29 Å². The lowest BCUT2D eigenvalue weighted by Gasteiger charge is -2.28. The van der Waals surface area contributed by atoms with Crippen molar-refractivity contribution in [1.29, 1.82) is 0 Å². The quantitative estimate of drug-likeness (QED) is 0.197. The number of carboxylic acids is 1. The maximum Gasteiger partial charge on any atom is 0.307 e. The van der Waals surface area contributed by atoms with Crippen molar-refractivity contribution in [2.24, 2.45) is 0 Å². The average molecular weight is 708 g/mol. The van der Waals surface area contributed by atoms with Crippen LogP contribution in [0.4, 0.5) is 9.52 Å². The van der Waals surface area contributed by atoms with E-state index < -0.39 is 33.1 Å². The molecule has 1 aliphatic heterocycles. The Morgan fingerprint density at radius 1 is 1.06 bits per heavy atom. The molecular formula is C34H30FN3O7S3. The number of carbonyl (C=O) groups is 2. The van der Waals surface area contributed by atoms with Crippen molar-refractivity contribution < 1.29 is 37.2 Å². The first-order valence-corrected chi connectivity index (χ1v) is 18.1. The summed E-state index contributed by atoms with van der Waals surface area (Å²) in [6.07, 6.45) is 5.02. The predicted octanol–water partition coefficient (Wildman–Crippen LogP) is 6.32. The minimum atomic E-state index is -3.90. The number of nitrogens with zero attached hydrogens (tertiary/aromatic N) is 2. The molecule has 3 N–H and O–H groups in total. The van der Waals surface area contributed by atoms with Crippen LogP contribution in [-0.2, 0) is 30.8 Å². The number of aromatic nitrogens is 1. The van der Waals surface area contributed by atoms with Gasteiger partial charge in [-0.3, -0.25) is 19.2 Å². The Kier molecular flexibility index (Phi) is 9.91. The molecule has 1 aromatic heterocycles. The van der Waals surface area contributed by atoms with Crippen LogP contribution in [0.2, 0.25) is 0 Å². The van der Waals surface area contributed by atoms with Crippen LogP contribution in [0.1, 0.15) is 40.5 Å². The highest BCUT2D eigenvalue weighted by molar-refractivity contribution is 7.90. The third-order valence-corrected chi connectivity index (χ3v) is 11.3. The Bertz CT molecular complexity index is 2140. The lowest BCUT2D eigenvalue weighted by Crippen LogP contribution is -2.37. The summed E-state index contributed by atoms with van der Waals surface area (Å²) in [5, 5.41) is 22.4. The van der Waals surface area contributed by atoms with E-state index in [9.17, 15) is 32.1 Å². The van der Waals surface area contributed by atoms with Crippen LogP contribution in [-0.4, -0.2) is 57.7 Å². The summed E-state index contributed by atoms with van der Waals surface area (Å²) in [5.74, 6) is -2.45. The zero-order chi connectivity index (χ0) is 34.9. The Labute approximate surface area is 283 Å². The first-order valence-electron chi connectivity index (χ1n) is 14.3. The fraction of sp³-hybridized carbons (Fsp3) is 0.147. The molecular weight excluding hydrogens is 678 g/mol. The van der Waals surface area contributed by atoms with Gasteiger partial charge in [-0.1, -0.05) is 18.2 Å². The molecule has 0 saturated carbocycles. The number of amides is 1. The molecule has 0 radical (unpaired) electrons. The normalized spacial score (nSPS) is 16.2. The molecule has 14 heteroatoms. The van der Waals surface area contributed by atoms with E-state index in [1.807, 2.05) is 32.1 Å². The SMILES string of the molecule is CC1=C(CC(=O)O)c2cc(F)ccc2/C1=C\c1ccc([S+](C)[O-])cc1.Cc1cnc(NC(=O)C2=C(O)c3ccccc3S(=O)(=O)N2C)s1. The zero-order valence-electron chi connectivity index (χ0n) is 26.1. The van der Waals surface area contributed by atoms with Crippen molar-refractivity contribution in [2.45, 2.75) is 30.1 Å². The van der Waals surface area contributed by atoms with E-state index in [1.54, 1.807) is 42.8 Å². The van der Waals surface area contributed by atoms with Gasteiger partial charge in [0.25, 0.3) is 15.9 Å². The third-order valence-electron chi connectivity index (χ3n) is 7.68. The number of anilines is 1. The van der Waals surface area contributed by atoms with E-state index >= 15 is 0 Å². The maximum absolute atomic E-state index is 13.7. The second kappa shape index (κ2) is 13.8. The lowest BCUT2D eigenvalue weighted by atomic mass is 10.0. The monoisotopic (exact) mass is 707 g/mol.